The van der Waals surface area contributed by atoms with Gasteiger partial charge in [0, 0.05) is 12.2 Å². The van der Waals surface area contributed by atoms with E-state index in [2.05, 4.69) is 137 Å². The standard InChI is InChI=1S/C25H20BrP/c26-22-12-10-11-21(19-22)20-27(23-13-4-1-5-14-23,24-15-6-2-7-16-24)25-17-8-3-9-18-25/h1-20H/q+2. The number of hydrogen-bond acceptors (Lipinski definition) is 0. The first kappa shape index (κ1) is 18.0. The topological polar surface area (TPSA) is 0 Å². The molecule has 0 radical (unpaired) electrons. The number of hydrogen-bond donors (Lipinski definition) is 0. The van der Waals surface area contributed by atoms with Gasteiger partial charge in [0.2, 0.25) is 0 Å². The van der Waals surface area contributed by atoms with E-state index in [-0.39, 0.29) is 0 Å². The van der Waals surface area contributed by atoms with E-state index in [1.54, 1.807) is 0 Å². The van der Waals surface area contributed by atoms with Gasteiger partial charge >= 0.3 is 0 Å². The average Bonchev–Trinajstić information content (AvgIpc) is 2.74. The third-order valence-electron chi connectivity index (χ3n) is 4.68. The van der Waals surface area contributed by atoms with Crippen LogP contribution in [-0.4, -0.2) is 0 Å². The predicted octanol–water partition coefficient (Wildman–Crippen LogP) is 5.92. The van der Waals surface area contributed by atoms with Crippen molar-refractivity contribution in [3.05, 3.63) is 132 Å². The summed E-state index contributed by atoms with van der Waals surface area (Å²) in [6, 6.07) is 32.7. The zero-order valence-electron chi connectivity index (χ0n) is 14.9. The molecule has 3 aromatic rings. The van der Waals surface area contributed by atoms with Crippen molar-refractivity contribution >= 4 is 39.1 Å². The molecule has 1 aliphatic rings. The van der Waals surface area contributed by atoms with Crippen LogP contribution in [-0.2, 0) is 0 Å². The molecule has 3 aromatic carbocycles. The van der Waals surface area contributed by atoms with Gasteiger partial charge in [-0.1, -0.05) is 54.6 Å². The highest BCUT2D eigenvalue weighted by atomic mass is 79.9. The molecule has 0 atom stereocenters. The molecular formula is C25H20BrP+2. The fraction of sp³-hybridized carbons (Fsp3) is 0. The molecule has 0 fully saturated rings. The highest BCUT2D eigenvalue weighted by Gasteiger charge is 2.44. The second-order valence-electron chi connectivity index (χ2n) is 6.41. The molecule has 0 amide bonds. The first-order chi connectivity index (χ1) is 13.3. The molecule has 1 aliphatic carbocycles. The van der Waals surface area contributed by atoms with Crippen LogP contribution in [0.4, 0.5) is 0 Å². The molecule has 0 nitrogen and oxygen atoms in total. The Labute approximate surface area is 170 Å². The van der Waals surface area contributed by atoms with Gasteiger partial charge in [-0.3, -0.25) is 0 Å². The van der Waals surface area contributed by atoms with Crippen molar-refractivity contribution in [2.45, 2.75) is 0 Å². The highest BCUT2D eigenvalue weighted by molar-refractivity contribution is 9.11. The molecule has 0 saturated carbocycles. The first-order valence-corrected chi connectivity index (χ1v) is 11.6. The first-order valence-electron chi connectivity index (χ1n) is 8.96. The van der Waals surface area contributed by atoms with Crippen LogP contribution in [0.5, 0.6) is 0 Å². The smallest absolute Gasteiger partial charge is 0.0620 e. The van der Waals surface area contributed by atoms with Gasteiger partial charge < -0.3 is 0 Å². The summed E-state index contributed by atoms with van der Waals surface area (Å²) in [6.45, 7) is 0. The number of halogens is 1. The third kappa shape index (κ3) is 3.72. The lowest BCUT2D eigenvalue weighted by molar-refractivity contribution is 1.57. The van der Waals surface area contributed by atoms with Crippen molar-refractivity contribution in [1.29, 1.82) is 0 Å². The van der Waals surface area contributed by atoms with E-state index < -0.39 is 7.26 Å². The quantitative estimate of drug-likeness (QED) is 0.356. The Bertz CT molecular complexity index is 890. The number of rotatable bonds is 4. The van der Waals surface area contributed by atoms with Crippen molar-refractivity contribution in [1.82, 2.24) is 0 Å². The zero-order chi connectivity index (χ0) is 18.5. The molecule has 0 unspecified atom stereocenters. The summed E-state index contributed by atoms with van der Waals surface area (Å²) in [5.41, 5.74) is 1.23. The van der Waals surface area contributed by atoms with Gasteiger partial charge in [0.25, 0.3) is 0 Å². The normalized spacial score (nSPS) is 15.3. The third-order valence-corrected chi connectivity index (χ3v) is 9.20. The molecule has 0 N–H and O–H groups in total. The van der Waals surface area contributed by atoms with E-state index in [1.807, 2.05) is 0 Å². The Morgan fingerprint density at radius 1 is 0.667 bits per heavy atom. The Hall–Kier alpha value is -2.34. The fourth-order valence-corrected chi connectivity index (χ4v) is 7.76. The molecule has 0 aromatic heterocycles. The second-order valence-corrected chi connectivity index (χ2v) is 10.6. The van der Waals surface area contributed by atoms with E-state index in [9.17, 15) is 0 Å². The van der Waals surface area contributed by atoms with Gasteiger partial charge in [-0.25, -0.2) is 0 Å². The average molecular weight is 431 g/mol. The van der Waals surface area contributed by atoms with E-state index >= 15 is 0 Å². The van der Waals surface area contributed by atoms with Gasteiger partial charge in [0.15, 0.2) is 0 Å². The summed E-state index contributed by atoms with van der Waals surface area (Å²) in [7, 11) is -1.94. The summed E-state index contributed by atoms with van der Waals surface area (Å²) < 4.78 is 1.10. The van der Waals surface area contributed by atoms with E-state index in [4.69, 9.17) is 0 Å². The molecule has 0 aliphatic heterocycles. The molecule has 0 bridgehead atoms. The van der Waals surface area contributed by atoms with Gasteiger partial charge in [0.05, 0.1) is 12.5 Å². The fourth-order valence-electron chi connectivity index (χ4n) is 3.47. The van der Waals surface area contributed by atoms with Crippen molar-refractivity contribution in [2.75, 3.05) is 0 Å². The molecule has 0 spiro atoms. The van der Waals surface area contributed by atoms with Gasteiger partial charge in [-0.05, 0) is 52.3 Å². The van der Waals surface area contributed by atoms with Crippen LogP contribution in [0.3, 0.4) is 0 Å². The summed E-state index contributed by atoms with van der Waals surface area (Å²) >= 11 is 3.63. The minimum absolute atomic E-state index is 1.10. The van der Waals surface area contributed by atoms with Crippen LogP contribution in [0.25, 0.3) is 0 Å². The van der Waals surface area contributed by atoms with Crippen molar-refractivity contribution < 1.29 is 0 Å². The van der Waals surface area contributed by atoms with Crippen LogP contribution in [0.1, 0.15) is 0 Å². The SMILES string of the molecule is BrC1=CC(=C[P+](c2ccccc2)(c2ccccc2)c2ccccc2)C=C[CH+]1. The van der Waals surface area contributed by atoms with Crippen molar-refractivity contribution in [2.24, 2.45) is 0 Å². The predicted molar refractivity (Wildman–Crippen MR) is 124 cm³/mol. The van der Waals surface area contributed by atoms with Crippen LogP contribution >= 0.6 is 23.2 Å². The minimum Gasteiger partial charge on any atom is -0.0620 e. The lowest BCUT2D eigenvalue weighted by atomic mass is 10.1. The van der Waals surface area contributed by atoms with Crippen LogP contribution in [0.2, 0.25) is 0 Å². The molecule has 27 heavy (non-hydrogen) atoms. The molecule has 2 heteroatoms. The number of benzene rings is 3. The monoisotopic (exact) mass is 430 g/mol. The van der Waals surface area contributed by atoms with Crippen LogP contribution < -0.4 is 15.9 Å². The lowest BCUT2D eigenvalue weighted by Gasteiger charge is -2.24. The Balaban J connectivity index is 2.05. The molecular weight excluding hydrogens is 411 g/mol. The zero-order valence-corrected chi connectivity index (χ0v) is 17.4. The summed E-state index contributed by atoms with van der Waals surface area (Å²) in [6.07, 6.45) is 8.56. The highest BCUT2D eigenvalue weighted by Crippen LogP contribution is 2.58. The van der Waals surface area contributed by atoms with Gasteiger partial charge in [-0.15, -0.1) is 0 Å². The van der Waals surface area contributed by atoms with E-state index in [0.29, 0.717) is 0 Å². The second kappa shape index (κ2) is 8.13. The van der Waals surface area contributed by atoms with E-state index in [1.165, 1.54) is 21.5 Å². The van der Waals surface area contributed by atoms with Crippen molar-refractivity contribution in [3.63, 3.8) is 0 Å². The molecule has 0 saturated heterocycles. The molecule has 130 valence electrons. The number of allylic oxidation sites excluding steroid dienone is 5. The molecule has 0 heterocycles. The van der Waals surface area contributed by atoms with Gasteiger partial charge in [-0.2, -0.15) is 0 Å². The van der Waals surface area contributed by atoms with Crippen molar-refractivity contribution in [3.8, 4) is 0 Å². The van der Waals surface area contributed by atoms with Gasteiger partial charge in [0.1, 0.15) is 39.0 Å². The lowest BCUT2D eigenvalue weighted by Crippen LogP contribution is -2.29. The van der Waals surface area contributed by atoms with Crippen LogP contribution in [0, 0.1) is 6.42 Å². The maximum absolute atomic E-state index is 3.63. The maximum Gasteiger partial charge on any atom is 0.140 e. The summed E-state index contributed by atoms with van der Waals surface area (Å²) in [5.74, 6) is 2.48. The molecule has 4 rings (SSSR count). The minimum atomic E-state index is -1.94. The Morgan fingerprint density at radius 3 is 1.52 bits per heavy atom. The maximum atomic E-state index is 3.63. The Kier molecular flexibility index (Phi) is 5.43. The summed E-state index contributed by atoms with van der Waals surface area (Å²) in [4.78, 5) is 0. The summed E-state index contributed by atoms with van der Waals surface area (Å²) in [5, 5.41) is 4.09. The van der Waals surface area contributed by atoms with Crippen LogP contribution in [0.15, 0.2) is 125 Å². The largest absolute Gasteiger partial charge is 0.140 e. The van der Waals surface area contributed by atoms with E-state index in [0.717, 1.165) is 4.48 Å². The Morgan fingerprint density at radius 2 is 1.11 bits per heavy atom.